The van der Waals surface area contributed by atoms with Gasteiger partial charge in [0.25, 0.3) is 5.91 Å². The Balaban J connectivity index is 1.88. The molecule has 1 heterocycles. The second-order valence-electron chi connectivity index (χ2n) is 7.01. The van der Waals surface area contributed by atoms with Crippen LogP contribution in [0.1, 0.15) is 10.4 Å². The molecule has 0 unspecified atom stereocenters. The van der Waals surface area contributed by atoms with Gasteiger partial charge in [0.15, 0.2) is 4.80 Å². The van der Waals surface area contributed by atoms with Crippen molar-refractivity contribution in [2.75, 3.05) is 14.2 Å². The van der Waals surface area contributed by atoms with Gasteiger partial charge in [-0.15, -0.1) is 0 Å². The van der Waals surface area contributed by atoms with E-state index in [1.807, 2.05) is 72.3 Å². The monoisotopic (exact) mass is 508 g/mol. The topological polar surface area (TPSA) is 52.8 Å². The third kappa shape index (κ3) is 4.54. The fourth-order valence-electron chi connectivity index (χ4n) is 3.34. The molecule has 4 rings (SSSR count). The van der Waals surface area contributed by atoms with Crippen LogP contribution in [0.2, 0.25) is 0 Å². The summed E-state index contributed by atoms with van der Waals surface area (Å²) in [4.78, 5) is 18.9. The lowest BCUT2D eigenvalue weighted by Gasteiger charge is -2.09. The predicted molar refractivity (Wildman–Crippen MR) is 131 cm³/mol. The van der Waals surface area contributed by atoms with Crippen LogP contribution in [0.15, 0.2) is 82.3 Å². The molecule has 0 aliphatic heterocycles. The predicted octanol–water partition coefficient (Wildman–Crippen LogP) is 5.94. The van der Waals surface area contributed by atoms with E-state index < -0.39 is 0 Å². The lowest BCUT2D eigenvalue weighted by Crippen LogP contribution is -2.14. The number of thiazole rings is 1. The Morgan fingerprint density at radius 2 is 1.50 bits per heavy atom. The number of nitrogens with zero attached hydrogens (tertiary/aromatic N) is 2. The number of hydrogen-bond acceptors (Lipinski definition) is 4. The Bertz CT molecular complexity index is 1320. The molecule has 0 fully saturated rings. The SMILES string of the molecule is COc1ccc(-c2sc(=NC(=O)c3cccc(Br)c3)n(C)c2-c2ccc(OC)cc2)cc1. The zero-order valence-corrected chi connectivity index (χ0v) is 20.2. The minimum atomic E-state index is -0.286. The zero-order valence-electron chi connectivity index (χ0n) is 17.8. The van der Waals surface area contributed by atoms with Crippen molar-refractivity contribution in [3.8, 4) is 33.2 Å². The zero-order chi connectivity index (χ0) is 22.7. The summed E-state index contributed by atoms with van der Waals surface area (Å²) in [5.41, 5.74) is 3.54. The van der Waals surface area contributed by atoms with Crippen LogP contribution in [0.5, 0.6) is 11.5 Å². The highest BCUT2D eigenvalue weighted by Crippen LogP contribution is 2.35. The molecule has 32 heavy (non-hydrogen) atoms. The van der Waals surface area contributed by atoms with Crippen LogP contribution >= 0.6 is 27.3 Å². The average Bonchev–Trinajstić information content (AvgIpc) is 3.15. The van der Waals surface area contributed by atoms with Gasteiger partial charge in [-0.3, -0.25) is 4.79 Å². The number of amides is 1. The van der Waals surface area contributed by atoms with E-state index in [2.05, 4.69) is 20.9 Å². The van der Waals surface area contributed by atoms with Crippen LogP contribution in [0.3, 0.4) is 0 Å². The van der Waals surface area contributed by atoms with Crippen molar-refractivity contribution in [1.82, 2.24) is 4.57 Å². The molecule has 0 spiro atoms. The lowest BCUT2D eigenvalue weighted by atomic mass is 10.1. The number of aromatic nitrogens is 1. The van der Waals surface area contributed by atoms with E-state index in [-0.39, 0.29) is 5.91 Å². The van der Waals surface area contributed by atoms with E-state index in [0.29, 0.717) is 10.4 Å². The molecule has 3 aromatic carbocycles. The Labute approximate surface area is 198 Å². The molecular formula is C25H21BrN2O3S. The summed E-state index contributed by atoms with van der Waals surface area (Å²) in [6.45, 7) is 0. The van der Waals surface area contributed by atoms with Crippen LogP contribution in [-0.2, 0) is 7.05 Å². The van der Waals surface area contributed by atoms with E-state index in [1.54, 1.807) is 26.4 Å². The fraction of sp³-hybridized carbons (Fsp3) is 0.120. The standard InChI is InChI=1S/C25H21BrN2O3S/c1-28-22(16-7-11-20(30-2)12-8-16)23(17-9-13-21(31-3)14-10-17)32-25(28)27-24(29)18-5-4-6-19(26)15-18/h4-15H,1-3H3. The van der Waals surface area contributed by atoms with E-state index in [0.717, 1.165) is 37.7 Å². The molecule has 0 aliphatic carbocycles. The number of hydrogen-bond donors (Lipinski definition) is 0. The van der Waals surface area contributed by atoms with Gasteiger partial charge in [-0.2, -0.15) is 4.99 Å². The number of ether oxygens (including phenoxy) is 2. The number of carbonyl (C=O) groups excluding carboxylic acids is 1. The summed E-state index contributed by atoms with van der Waals surface area (Å²) in [5.74, 6) is 1.29. The summed E-state index contributed by atoms with van der Waals surface area (Å²) in [6.07, 6.45) is 0. The van der Waals surface area contributed by atoms with Crippen LogP contribution in [-0.4, -0.2) is 24.7 Å². The molecule has 5 nitrogen and oxygen atoms in total. The molecule has 0 aliphatic rings. The van der Waals surface area contributed by atoms with E-state index in [1.165, 1.54) is 11.3 Å². The summed E-state index contributed by atoms with van der Waals surface area (Å²) in [7, 11) is 5.22. The fourth-order valence-corrected chi connectivity index (χ4v) is 4.88. The normalized spacial score (nSPS) is 11.4. The summed E-state index contributed by atoms with van der Waals surface area (Å²) in [6, 6.07) is 23.0. The molecule has 0 bridgehead atoms. The highest BCUT2D eigenvalue weighted by Gasteiger charge is 2.17. The number of benzene rings is 3. The first-order valence-corrected chi connectivity index (χ1v) is 11.4. The van der Waals surface area contributed by atoms with Gasteiger partial charge >= 0.3 is 0 Å². The number of methoxy groups -OCH3 is 2. The summed E-state index contributed by atoms with van der Waals surface area (Å²) in [5, 5.41) is 0. The maximum atomic E-state index is 12.9. The largest absolute Gasteiger partial charge is 0.497 e. The molecule has 0 saturated carbocycles. The van der Waals surface area contributed by atoms with Gasteiger partial charge < -0.3 is 14.0 Å². The lowest BCUT2D eigenvalue weighted by molar-refractivity contribution is 0.0998. The van der Waals surface area contributed by atoms with Gasteiger partial charge in [-0.1, -0.05) is 33.3 Å². The minimum Gasteiger partial charge on any atom is -0.497 e. The smallest absolute Gasteiger partial charge is 0.279 e. The van der Waals surface area contributed by atoms with Crippen molar-refractivity contribution in [3.05, 3.63) is 87.6 Å². The number of halogens is 1. The van der Waals surface area contributed by atoms with Crippen molar-refractivity contribution in [2.45, 2.75) is 0 Å². The van der Waals surface area contributed by atoms with E-state index in [9.17, 15) is 4.79 Å². The number of rotatable bonds is 5. The van der Waals surface area contributed by atoms with E-state index >= 15 is 0 Å². The second kappa shape index (κ2) is 9.54. The minimum absolute atomic E-state index is 0.286. The summed E-state index contributed by atoms with van der Waals surface area (Å²) >= 11 is 4.89. The first-order chi connectivity index (χ1) is 15.5. The maximum Gasteiger partial charge on any atom is 0.279 e. The maximum absolute atomic E-state index is 12.9. The molecule has 1 amide bonds. The number of carbonyl (C=O) groups is 1. The first kappa shape index (κ1) is 22.0. The second-order valence-corrected chi connectivity index (χ2v) is 8.90. The third-order valence-corrected chi connectivity index (χ3v) is 6.69. The highest BCUT2D eigenvalue weighted by atomic mass is 79.9. The van der Waals surface area contributed by atoms with Gasteiger partial charge in [0.05, 0.1) is 24.8 Å². The molecule has 0 saturated heterocycles. The Morgan fingerprint density at radius 1 is 0.906 bits per heavy atom. The third-order valence-electron chi connectivity index (χ3n) is 5.02. The van der Waals surface area contributed by atoms with Gasteiger partial charge in [0.1, 0.15) is 11.5 Å². The molecule has 1 aromatic heterocycles. The Morgan fingerprint density at radius 3 is 2.06 bits per heavy atom. The Kier molecular flexibility index (Phi) is 6.58. The van der Waals surface area contributed by atoms with Crippen LogP contribution in [0.4, 0.5) is 0 Å². The molecule has 162 valence electrons. The van der Waals surface area contributed by atoms with Gasteiger partial charge in [0, 0.05) is 17.1 Å². The van der Waals surface area contributed by atoms with Crippen molar-refractivity contribution in [1.29, 1.82) is 0 Å². The quantitative estimate of drug-likeness (QED) is 0.335. The van der Waals surface area contributed by atoms with Gasteiger partial charge in [-0.25, -0.2) is 0 Å². The van der Waals surface area contributed by atoms with Crippen molar-refractivity contribution in [3.63, 3.8) is 0 Å². The average molecular weight is 509 g/mol. The molecule has 0 radical (unpaired) electrons. The molecule has 4 aromatic rings. The summed E-state index contributed by atoms with van der Waals surface area (Å²) < 4.78 is 13.4. The molecule has 0 N–H and O–H groups in total. The highest BCUT2D eigenvalue weighted by molar-refractivity contribution is 9.10. The van der Waals surface area contributed by atoms with Crippen molar-refractivity contribution >= 4 is 33.2 Å². The van der Waals surface area contributed by atoms with Crippen LogP contribution in [0.25, 0.3) is 21.7 Å². The molecular weight excluding hydrogens is 488 g/mol. The Hall–Kier alpha value is -3.16. The van der Waals surface area contributed by atoms with Crippen molar-refractivity contribution in [2.24, 2.45) is 12.0 Å². The first-order valence-electron chi connectivity index (χ1n) is 9.83. The van der Waals surface area contributed by atoms with Crippen molar-refractivity contribution < 1.29 is 14.3 Å². The van der Waals surface area contributed by atoms with Crippen LogP contribution in [0, 0.1) is 0 Å². The molecule has 0 atom stereocenters. The molecule has 7 heteroatoms. The van der Waals surface area contributed by atoms with Gasteiger partial charge in [0.2, 0.25) is 0 Å². The van der Waals surface area contributed by atoms with Crippen LogP contribution < -0.4 is 14.3 Å². The van der Waals surface area contributed by atoms with Gasteiger partial charge in [-0.05, 0) is 77.9 Å². The van der Waals surface area contributed by atoms with E-state index in [4.69, 9.17) is 9.47 Å².